The summed E-state index contributed by atoms with van der Waals surface area (Å²) in [6.45, 7) is 0. The Bertz CT molecular complexity index is 871. The minimum atomic E-state index is -0.607. The van der Waals surface area contributed by atoms with Gasteiger partial charge in [0.2, 0.25) is 11.8 Å². The van der Waals surface area contributed by atoms with Crippen LogP contribution in [0.1, 0.15) is 5.56 Å². The second-order valence-corrected chi connectivity index (χ2v) is 9.90. The van der Waals surface area contributed by atoms with E-state index in [4.69, 9.17) is 5.73 Å². The number of nitrogens with one attached hydrogen (secondary N) is 3. The number of halogens is 2. The van der Waals surface area contributed by atoms with Crippen molar-refractivity contribution in [3.63, 3.8) is 0 Å². The summed E-state index contributed by atoms with van der Waals surface area (Å²) in [5, 5.41) is 6.46. The Kier molecular flexibility index (Phi) is 6.73. The maximum absolute atomic E-state index is 12.3. The van der Waals surface area contributed by atoms with Gasteiger partial charge >= 0.3 is 0 Å². The molecular weight excluding hydrogens is 504 g/mol. The number of hydrogen-bond acceptors (Lipinski definition) is 5. The van der Waals surface area contributed by atoms with Crippen molar-refractivity contribution >= 4 is 82.2 Å². The second kappa shape index (κ2) is 8.83. The summed E-state index contributed by atoms with van der Waals surface area (Å²) in [5.41, 5.74) is 7.68. The van der Waals surface area contributed by atoms with Crippen molar-refractivity contribution in [1.29, 1.82) is 0 Å². The number of rotatable bonds is 3. The summed E-state index contributed by atoms with van der Waals surface area (Å²) in [4.78, 5) is 27.4. The van der Waals surface area contributed by atoms with Gasteiger partial charge in [0.15, 0.2) is 0 Å². The van der Waals surface area contributed by atoms with Gasteiger partial charge in [-0.05, 0) is 50.1 Å². The van der Waals surface area contributed by atoms with Crippen molar-refractivity contribution in [3.8, 4) is 0 Å². The Morgan fingerprint density at radius 3 is 2.81 bits per heavy atom. The molecule has 1 aliphatic rings. The van der Waals surface area contributed by atoms with Gasteiger partial charge in [-0.1, -0.05) is 21.6 Å². The molecule has 1 aliphatic heterocycles. The Hall–Kier alpha value is -0.940. The van der Waals surface area contributed by atoms with Crippen molar-refractivity contribution in [1.82, 2.24) is 15.6 Å². The molecule has 6 nitrogen and oxygen atoms in total. The van der Waals surface area contributed by atoms with Crippen molar-refractivity contribution < 1.29 is 9.59 Å². The van der Waals surface area contributed by atoms with Gasteiger partial charge in [-0.15, -0.1) is 0 Å². The molecule has 2 heterocycles. The highest BCUT2D eigenvalue weighted by molar-refractivity contribution is 9.13. The van der Waals surface area contributed by atoms with Crippen LogP contribution in [0.4, 0.5) is 0 Å². The molecule has 0 spiro atoms. The van der Waals surface area contributed by atoms with Gasteiger partial charge in [-0.2, -0.15) is 0 Å². The quantitative estimate of drug-likeness (QED) is 0.467. The molecule has 2 amide bonds. The topological polar surface area (TPSA) is 100 Å². The van der Waals surface area contributed by atoms with E-state index in [2.05, 4.69) is 47.5 Å². The van der Waals surface area contributed by atoms with E-state index in [-0.39, 0.29) is 11.8 Å². The summed E-state index contributed by atoms with van der Waals surface area (Å²) in [5.74, 6) is 0.475. The maximum atomic E-state index is 12.3. The van der Waals surface area contributed by atoms with Crippen molar-refractivity contribution in [3.05, 3.63) is 39.0 Å². The van der Waals surface area contributed by atoms with Crippen molar-refractivity contribution in [2.24, 2.45) is 5.73 Å². The number of carbonyl (C=O) groups is 2. The molecule has 0 saturated carbocycles. The van der Waals surface area contributed by atoms with Gasteiger partial charge in [0.05, 0.1) is 6.04 Å². The highest BCUT2D eigenvalue weighted by Crippen LogP contribution is 2.30. The fourth-order valence-corrected chi connectivity index (χ4v) is 5.34. The van der Waals surface area contributed by atoms with Crippen LogP contribution in [-0.4, -0.2) is 40.4 Å². The molecule has 3 rings (SSSR count). The predicted molar refractivity (Wildman–Crippen MR) is 116 cm³/mol. The Balaban J connectivity index is 1.67. The van der Waals surface area contributed by atoms with Crippen LogP contribution in [0, 0.1) is 0 Å². The number of carbonyl (C=O) groups excluding carboxylic acids is 2. The van der Waals surface area contributed by atoms with E-state index in [1.165, 1.54) is 21.6 Å². The molecule has 26 heavy (non-hydrogen) atoms. The monoisotopic (exact) mass is 518 g/mol. The van der Waals surface area contributed by atoms with Crippen LogP contribution in [-0.2, 0) is 9.59 Å². The molecule has 10 heteroatoms. The molecule has 2 unspecified atom stereocenters. The molecule has 0 bridgehead atoms. The zero-order valence-corrected chi connectivity index (χ0v) is 18.2. The zero-order valence-electron chi connectivity index (χ0n) is 13.4. The summed E-state index contributed by atoms with van der Waals surface area (Å²) >= 11 is 6.97. The molecule has 1 fully saturated rings. The SMILES string of the molecule is NC1CSSCC(C(=O)NC=Cc2c[nH]c3cc(Br)c(Br)cc23)NC1=O. The Morgan fingerprint density at radius 2 is 2.00 bits per heavy atom. The van der Waals surface area contributed by atoms with Crippen molar-refractivity contribution in [2.75, 3.05) is 11.5 Å². The number of aromatic amines is 1. The van der Waals surface area contributed by atoms with Gasteiger partial charge in [-0.25, -0.2) is 0 Å². The molecule has 0 radical (unpaired) electrons. The normalized spacial score (nSPS) is 21.4. The third-order valence-corrected chi connectivity index (χ3v) is 8.07. The average Bonchev–Trinajstić information content (AvgIpc) is 2.98. The molecular formula is C16H16Br2N4O2S2. The number of nitrogens with two attached hydrogens (primary N) is 1. The number of hydrogen-bond donors (Lipinski definition) is 4. The van der Waals surface area contributed by atoms with E-state index >= 15 is 0 Å². The lowest BCUT2D eigenvalue weighted by atomic mass is 10.2. The largest absolute Gasteiger partial charge is 0.361 e. The number of aromatic nitrogens is 1. The standard InChI is InChI=1S/C16H16Br2N4O2S2/c17-10-3-9-8(5-21-13(9)4-11(10)18)1-2-20-16(24)14-7-26-25-6-12(19)15(23)22-14/h1-5,12,14,21H,6-7,19H2,(H,20,24)(H,22,23). The van der Waals surface area contributed by atoms with E-state index in [1.54, 1.807) is 6.20 Å². The van der Waals surface area contributed by atoms with Crippen LogP contribution < -0.4 is 16.4 Å². The number of benzene rings is 1. The van der Waals surface area contributed by atoms with Crippen LogP contribution in [0.15, 0.2) is 33.5 Å². The van der Waals surface area contributed by atoms with Gasteiger partial charge < -0.3 is 21.4 Å². The molecule has 2 aromatic rings. The van der Waals surface area contributed by atoms with Crippen LogP contribution in [0.2, 0.25) is 0 Å². The summed E-state index contributed by atoms with van der Waals surface area (Å²) in [7, 11) is 3.04. The average molecular weight is 520 g/mol. The minimum Gasteiger partial charge on any atom is -0.361 e. The lowest BCUT2D eigenvalue weighted by Gasteiger charge is -2.22. The molecule has 1 saturated heterocycles. The first kappa shape index (κ1) is 19.8. The molecule has 1 aromatic carbocycles. The Morgan fingerprint density at radius 1 is 1.27 bits per heavy atom. The van der Waals surface area contributed by atoms with Gasteiger partial charge in [0, 0.05) is 49.3 Å². The number of H-pyrrole nitrogens is 1. The fourth-order valence-electron chi connectivity index (χ4n) is 2.37. The highest BCUT2D eigenvalue weighted by Gasteiger charge is 2.26. The van der Waals surface area contributed by atoms with Crippen molar-refractivity contribution in [2.45, 2.75) is 12.1 Å². The molecule has 5 N–H and O–H groups in total. The summed E-state index contributed by atoms with van der Waals surface area (Å²) < 4.78 is 1.91. The number of fused-ring (bicyclic) bond motifs is 1. The lowest BCUT2D eigenvalue weighted by Crippen LogP contribution is -2.53. The first-order valence-electron chi connectivity index (χ1n) is 7.69. The second-order valence-electron chi connectivity index (χ2n) is 5.63. The molecule has 2 atom stereocenters. The van der Waals surface area contributed by atoms with Crippen LogP contribution in [0.25, 0.3) is 17.0 Å². The van der Waals surface area contributed by atoms with E-state index in [0.29, 0.717) is 11.5 Å². The first-order valence-corrected chi connectivity index (χ1v) is 11.8. The van der Waals surface area contributed by atoms with Gasteiger partial charge in [-0.3, -0.25) is 9.59 Å². The fraction of sp³-hybridized carbons (Fsp3) is 0.250. The zero-order chi connectivity index (χ0) is 18.7. The lowest BCUT2D eigenvalue weighted by molar-refractivity contribution is -0.128. The summed E-state index contributed by atoms with van der Waals surface area (Å²) in [6.07, 6.45) is 5.27. The molecule has 1 aromatic heterocycles. The van der Waals surface area contributed by atoms with E-state index < -0.39 is 12.1 Å². The molecule has 138 valence electrons. The minimum absolute atomic E-state index is 0.263. The molecule has 0 aliphatic carbocycles. The van der Waals surface area contributed by atoms with E-state index in [9.17, 15) is 9.59 Å². The van der Waals surface area contributed by atoms with Crippen LogP contribution in [0.3, 0.4) is 0 Å². The van der Waals surface area contributed by atoms with Gasteiger partial charge in [0.25, 0.3) is 0 Å². The smallest absolute Gasteiger partial charge is 0.247 e. The third-order valence-electron chi connectivity index (χ3n) is 3.78. The number of amides is 2. The predicted octanol–water partition coefficient (Wildman–Crippen LogP) is 2.99. The van der Waals surface area contributed by atoms with E-state index in [1.807, 2.05) is 24.4 Å². The third kappa shape index (κ3) is 4.66. The summed E-state index contributed by atoms with van der Waals surface area (Å²) in [6, 6.07) is 2.78. The van der Waals surface area contributed by atoms with Gasteiger partial charge in [0.1, 0.15) is 6.04 Å². The van der Waals surface area contributed by atoms with Crippen LogP contribution in [0.5, 0.6) is 0 Å². The highest BCUT2D eigenvalue weighted by atomic mass is 79.9. The first-order chi connectivity index (χ1) is 12.5. The van der Waals surface area contributed by atoms with Crippen LogP contribution >= 0.6 is 53.4 Å². The van der Waals surface area contributed by atoms with E-state index in [0.717, 1.165) is 25.4 Å². The Labute approximate surface area is 175 Å². The maximum Gasteiger partial charge on any atom is 0.247 e.